The fraction of sp³-hybridized carbons (Fsp3) is 0.529. The van der Waals surface area contributed by atoms with Crippen LogP contribution in [0.25, 0.3) is 10.3 Å². The average Bonchev–Trinajstić information content (AvgIpc) is 2.83. The smallest absolute Gasteiger partial charge is 0.211 e. The second kappa shape index (κ2) is 6.59. The fourth-order valence-electron chi connectivity index (χ4n) is 2.87. The first-order chi connectivity index (χ1) is 10.6. The van der Waals surface area contributed by atoms with E-state index in [-0.39, 0.29) is 5.43 Å². The molecular formula is C17H22N2OS2. The maximum atomic E-state index is 12.8. The van der Waals surface area contributed by atoms with Crippen LogP contribution in [0, 0.1) is 0 Å². The van der Waals surface area contributed by atoms with Crippen LogP contribution in [0.3, 0.4) is 0 Å². The molecule has 0 bridgehead atoms. The first kappa shape index (κ1) is 15.8. The van der Waals surface area contributed by atoms with E-state index in [4.69, 9.17) is 4.98 Å². The van der Waals surface area contributed by atoms with Crippen LogP contribution in [0.1, 0.15) is 43.6 Å². The zero-order valence-electron chi connectivity index (χ0n) is 13.3. The van der Waals surface area contributed by atoms with Gasteiger partial charge < -0.3 is 4.57 Å². The third-order valence-corrected chi connectivity index (χ3v) is 6.36. The van der Waals surface area contributed by atoms with E-state index in [1.807, 2.05) is 6.92 Å². The van der Waals surface area contributed by atoms with Crippen molar-refractivity contribution in [2.45, 2.75) is 57.7 Å². The highest BCUT2D eigenvalue weighted by atomic mass is 32.2. The van der Waals surface area contributed by atoms with Gasteiger partial charge in [0.25, 0.3) is 0 Å². The summed E-state index contributed by atoms with van der Waals surface area (Å²) in [4.78, 5) is 19.8. The molecule has 2 heterocycles. The van der Waals surface area contributed by atoms with E-state index in [0.717, 1.165) is 59.1 Å². The molecule has 2 aromatic heterocycles. The van der Waals surface area contributed by atoms with Crippen LogP contribution in [0.2, 0.25) is 0 Å². The summed E-state index contributed by atoms with van der Waals surface area (Å²) >= 11 is 3.52. The van der Waals surface area contributed by atoms with Gasteiger partial charge in [-0.2, -0.15) is 0 Å². The van der Waals surface area contributed by atoms with Gasteiger partial charge in [-0.05, 0) is 39.0 Å². The minimum Gasteiger partial charge on any atom is -0.306 e. The van der Waals surface area contributed by atoms with Crippen molar-refractivity contribution in [2.75, 3.05) is 5.75 Å². The van der Waals surface area contributed by atoms with Gasteiger partial charge in [0, 0.05) is 22.7 Å². The number of thioether (sulfide) groups is 1. The SMILES string of the molecule is C=C(C)Cn1c(SCCC)nc2c(=O)c3c(sc21)CCCC3. The monoisotopic (exact) mass is 334 g/mol. The largest absolute Gasteiger partial charge is 0.306 e. The molecule has 5 heteroatoms. The third kappa shape index (κ3) is 2.88. The molecule has 0 aliphatic heterocycles. The van der Waals surface area contributed by atoms with Crippen molar-refractivity contribution in [1.29, 1.82) is 0 Å². The molecule has 0 unspecified atom stereocenters. The minimum absolute atomic E-state index is 0.169. The number of fused-ring (bicyclic) bond motifs is 2. The third-order valence-electron chi connectivity index (χ3n) is 3.88. The molecule has 0 atom stereocenters. The summed E-state index contributed by atoms with van der Waals surface area (Å²) in [6.07, 6.45) is 5.39. The van der Waals surface area contributed by atoms with Gasteiger partial charge in [-0.15, -0.1) is 11.3 Å². The van der Waals surface area contributed by atoms with Gasteiger partial charge in [-0.25, -0.2) is 4.98 Å². The van der Waals surface area contributed by atoms with E-state index >= 15 is 0 Å². The molecule has 0 amide bonds. The molecule has 0 saturated heterocycles. The predicted octanol–water partition coefficient (Wildman–Crippen LogP) is 4.42. The van der Waals surface area contributed by atoms with Crippen LogP contribution in [-0.2, 0) is 19.4 Å². The Bertz CT molecular complexity index is 773. The minimum atomic E-state index is 0.169. The maximum Gasteiger partial charge on any atom is 0.211 e. The lowest BCUT2D eigenvalue weighted by atomic mass is 9.98. The molecule has 0 radical (unpaired) electrons. The zero-order chi connectivity index (χ0) is 15.7. The van der Waals surface area contributed by atoms with Crippen molar-refractivity contribution < 1.29 is 0 Å². The van der Waals surface area contributed by atoms with Crippen LogP contribution in [0.5, 0.6) is 0 Å². The Labute approximate surface area is 139 Å². The first-order valence-corrected chi connectivity index (χ1v) is 9.74. The summed E-state index contributed by atoms with van der Waals surface area (Å²) in [5.41, 5.74) is 2.96. The second-order valence-electron chi connectivity index (χ2n) is 5.98. The number of rotatable bonds is 5. The standard InChI is InChI=1S/C17H22N2OS2/c1-4-9-21-17-18-14-15(20)12-7-5-6-8-13(12)22-16(14)19(17)10-11(2)3/h2,4-10H2,1,3H3. The van der Waals surface area contributed by atoms with Crippen LogP contribution < -0.4 is 5.43 Å². The lowest BCUT2D eigenvalue weighted by Crippen LogP contribution is -2.15. The van der Waals surface area contributed by atoms with E-state index in [2.05, 4.69) is 18.1 Å². The zero-order valence-corrected chi connectivity index (χ0v) is 14.9. The highest BCUT2D eigenvalue weighted by Crippen LogP contribution is 2.31. The molecular weight excluding hydrogens is 312 g/mol. The van der Waals surface area contributed by atoms with Crippen molar-refractivity contribution in [1.82, 2.24) is 9.55 Å². The molecule has 0 N–H and O–H groups in total. The number of imidazole rings is 1. The Morgan fingerprint density at radius 3 is 2.91 bits per heavy atom. The van der Waals surface area contributed by atoms with Crippen molar-refractivity contribution in [3.8, 4) is 0 Å². The highest BCUT2D eigenvalue weighted by molar-refractivity contribution is 7.99. The number of nitrogens with zero attached hydrogens (tertiary/aromatic N) is 2. The lowest BCUT2D eigenvalue weighted by Gasteiger charge is -2.14. The van der Waals surface area contributed by atoms with E-state index in [9.17, 15) is 4.79 Å². The maximum absolute atomic E-state index is 12.8. The summed E-state index contributed by atoms with van der Waals surface area (Å²) < 4.78 is 2.19. The van der Waals surface area contributed by atoms with Crippen LogP contribution in [0.15, 0.2) is 22.1 Å². The summed E-state index contributed by atoms with van der Waals surface area (Å²) in [6, 6.07) is 0. The van der Waals surface area contributed by atoms with Gasteiger partial charge in [-0.3, -0.25) is 4.79 Å². The molecule has 1 aliphatic carbocycles. The molecule has 3 nitrogen and oxygen atoms in total. The molecule has 2 aromatic rings. The fourth-order valence-corrected chi connectivity index (χ4v) is 5.08. The van der Waals surface area contributed by atoms with E-state index < -0.39 is 0 Å². The molecule has 0 spiro atoms. The van der Waals surface area contributed by atoms with Gasteiger partial charge in [0.2, 0.25) is 5.43 Å². The molecule has 0 aromatic carbocycles. The van der Waals surface area contributed by atoms with E-state index in [0.29, 0.717) is 5.52 Å². The van der Waals surface area contributed by atoms with Crippen LogP contribution >= 0.6 is 23.1 Å². The number of allylic oxidation sites excluding steroid dienone is 1. The number of hydrogen-bond acceptors (Lipinski definition) is 4. The van der Waals surface area contributed by atoms with Crippen molar-refractivity contribution in [3.63, 3.8) is 0 Å². The van der Waals surface area contributed by atoms with Gasteiger partial charge in [-0.1, -0.05) is 30.8 Å². The quantitative estimate of drug-likeness (QED) is 0.600. The Kier molecular flexibility index (Phi) is 4.73. The van der Waals surface area contributed by atoms with Gasteiger partial charge in [0.1, 0.15) is 10.3 Å². The molecule has 3 rings (SSSR count). The Balaban J connectivity index is 2.20. The molecule has 22 heavy (non-hydrogen) atoms. The average molecular weight is 335 g/mol. The van der Waals surface area contributed by atoms with Gasteiger partial charge in [0.15, 0.2) is 5.16 Å². The summed E-state index contributed by atoms with van der Waals surface area (Å²) in [6.45, 7) is 8.98. The number of hydrogen-bond donors (Lipinski definition) is 0. The van der Waals surface area contributed by atoms with Gasteiger partial charge >= 0.3 is 0 Å². The van der Waals surface area contributed by atoms with Crippen LogP contribution in [0.4, 0.5) is 0 Å². The van der Waals surface area contributed by atoms with Crippen molar-refractivity contribution in [3.05, 3.63) is 32.8 Å². The molecule has 1 aliphatic rings. The first-order valence-electron chi connectivity index (χ1n) is 7.94. The molecule has 0 saturated carbocycles. The van der Waals surface area contributed by atoms with Gasteiger partial charge in [0.05, 0.1) is 0 Å². The van der Waals surface area contributed by atoms with E-state index in [1.54, 1.807) is 23.1 Å². The Morgan fingerprint density at radius 2 is 2.18 bits per heavy atom. The van der Waals surface area contributed by atoms with E-state index in [1.165, 1.54) is 11.3 Å². The normalized spacial score (nSPS) is 14.3. The summed E-state index contributed by atoms with van der Waals surface area (Å²) in [5, 5.41) is 0.968. The lowest BCUT2D eigenvalue weighted by molar-refractivity contribution is 0.692. The van der Waals surface area contributed by atoms with Crippen molar-refractivity contribution >= 4 is 33.4 Å². The number of aromatic nitrogens is 2. The van der Waals surface area contributed by atoms with Crippen molar-refractivity contribution in [2.24, 2.45) is 0 Å². The summed E-state index contributed by atoms with van der Waals surface area (Å²) in [5.74, 6) is 1.03. The molecule has 118 valence electrons. The Morgan fingerprint density at radius 1 is 1.41 bits per heavy atom. The predicted molar refractivity (Wildman–Crippen MR) is 96.4 cm³/mol. The highest BCUT2D eigenvalue weighted by Gasteiger charge is 2.21. The van der Waals surface area contributed by atoms with Crippen LogP contribution in [-0.4, -0.2) is 15.3 Å². The number of aryl methyl sites for hydroxylation is 1. The second-order valence-corrected chi connectivity index (χ2v) is 8.13. The molecule has 0 fully saturated rings. The topological polar surface area (TPSA) is 34.9 Å². The Hall–Kier alpha value is -1.07. The summed E-state index contributed by atoms with van der Waals surface area (Å²) in [7, 11) is 0.